The zero-order chi connectivity index (χ0) is 11.7. The molecule has 1 saturated heterocycles. The highest BCUT2D eigenvalue weighted by molar-refractivity contribution is 7.10. The van der Waals surface area contributed by atoms with E-state index in [4.69, 9.17) is 11.6 Å². The normalized spacial score (nSPS) is 21.1. The van der Waals surface area contributed by atoms with Crippen molar-refractivity contribution >= 4 is 34.5 Å². The molecule has 0 amide bonds. The number of rotatable bonds is 3. The van der Waals surface area contributed by atoms with Crippen LogP contribution in [0.4, 0.5) is 0 Å². The van der Waals surface area contributed by atoms with E-state index in [-0.39, 0.29) is 0 Å². The Morgan fingerprint density at radius 2 is 2.47 bits per heavy atom. The first-order valence-corrected chi connectivity index (χ1v) is 7.67. The topological polar surface area (TPSA) is 29.0 Å². The third-order valence-electron chi connectivity index (χ3n) is 3.15. The minimum atomic E-state index is 0.527. The van der Waals surface area contributed by atoms with Gasteiger partial charge in [0.25, 0.3) is 0 Å². The molecule has 2 aromatic rings. The van der Waals surface area contributed by atoms with Crippen molar-refractivity contribution in [2.24, 2.45) is 0 Å². The molecular formula is C11H12ClN3S2. The monoisotopic (exact) mass is 285 g/mol. The summed E-state index contributed by atoms with van der Waals surface area (Å²) >= 11 is 9.09. The van der Waals surface area contributed by atoms with Gasteiger partial charge in [0.2, 0.25) is 0 Å². The van der Waals surface area contributed by atoms with Crippen LogP contribution in [0.3, 0.4) is 0 Å². The number of halogens is 1. The standard InChI is InChI=1S/C11H12ClN3S2/c12-11-9(13-14-17-11)6-15-4-1-2-10(15)8-3-5-16-7-8/h3,5,7,10H,1-2,4,6H2. The van der Waals surface area contributed by atoms with Crippen LogP contribution in [0, 0.1) is 0 Å². The first kappa shape index (κ1) is 11.6. The lowest BCUT2D eigenvalue weighted by Crippen LogP contribution is -2.22. The predicted molar refractivity (Wildman–Crippen MR) is 71.6 cm³/mol. The van der Waals surface area contributed by atoms with Crippen LogP contribution in [-0.4, -0.2) is 21.0 Å². The molecule has 1 unspecified atom stereocenters. The molecular weight excluding hydrogens is 274 g/mol. The Hall–Kier alpha value is -0.490. The van der Waals surface area contributed by atoms with Crippen LogP contribution in [0.15, 0.2) is 16.8 Å². The van der Waals surface area contributed by atoms with Crippen molar-refractivity contribution in [2.75, 3.05) is 6.54 Å². The van der Waals surface area contributed by atoms with E-state index in [1.165, 1.54) is 29.9 Å². The Morgan fingerprint density at radius 1 is 1.53 bits per heavy atom. The molecule has 6 heteroatoms. The first-order chi connectivity index (χ1) is 8.34. The van der Waals surface area contributed by atoms with Crippen molar-refractivity contribution in [3.8, 4) is 0 Å². The van der Waals surface area contributed by atoms with Crippen LogP contribution in [0.5, 0.6) is 0 Å². The van der Waals surface area contributed by atoms with E-state index in [2.05, 4.69) is 31.3 Å². The highest BCUT2D eigenvalue weighted by Crippen LogP contribution is 2.34. The number of nitrogens with zero attached hydrogens (tertiary/aromatic N) is 3. The second kappa shape index (κ2) is 5.02. The molecule has 0 aromatic carbocycles. The fourth-order valence-corrected chi connectivity index (χ4v) is 3.66. The van der Waals surface area contributed by atoms with Crippen LogP contribution in [0.1, 0.15) is 30.1 Å². The molecule has 3 rings (SSSR count). The number of thiophene rings is 1. The van der Waals surface area contributed by atoms with Gasteiger partial charge < -0.3 is 0 Å². The Balaban J connectivity index is 1.77. The van der Waals surface area contributed by atoms with E-state index >= 15 is 0 Å². The van der Waals surface area contributed by atoms with Gasteiger partial charge in [-0.1, -0.05) is 16.1 Å². The van der Waals surface area contributed by atoms with E-state index in [0.29, 0.717) is 6.04 Å². The maximum Gasteiger partial charge on any atom is 0.138 e. The van der Waals surface area contributed by atoms with Gasteiger partial charge in [-0.25, -0.2) is 0 Å². The van der Waals surface area contributed by atoms with Crippen molar-refractivity contribution in [3.63, 3.8) is 0 Å². The van der Waals surface area contributed by atoms with Crippen LogP contribution < -0.4 is 0 Å². The van der Waals surface area contributed by atoms with Gasteiger partial charge in [-0.15, -0.1) is 5.10 Å². The van der Waals surface area contributed by atoms with E-state index in [1.54, 1.807) is 11.3 Å². The first-order valence-electron chi connectivity index (χ1n) is 5.57. The van der Waals surface area contributed by atoms with Gasteiger partial charge in [-0.3, -0.25) is 4.90 Å². The average molecular weight is 286 g/mol. The second-order valence-electron chi connectivity index (χ2n) is 4.18. The predicted octanol–water partition coefficient (Wildman–Crippen LogP) is 3.59. The molecule has 3 heterocycles. The number of likely N-dealkylation sites (tertiary alicyclic amines) is 1. The molecule has 0 N–H and O–H groups in total. The van der Waals surface area contributed by atoms with Gasteiger partial charge in [0.1, 0.15) is 10.0 Å². The zero-order valence-corrected chi connectivity index (χ0v) is 11.6. The fraction of sp³-hybridized carbons (Fsp3) is 0.455. The lowest BCUT2D eigenvalue weighted by Gasteiger charge is -2.22. The summed E-state index contributed by atoms with van der Waals surface area (Å²) in [7, 11) is 0. The molecule has 0 radical (unpaired) electrons. The molecule has 1 atom stereocenters. The molecule has 0 saturated carbocycles. The summed E-state index contributed by atoms with van der Waals surface area (Å²) in [6.45, 7) is 1.93. The lowest BCUT2D eigenvalue weighted by atomic mass is 10.1. The summed E-state index contributed by atoms with van der Waals surface area (Å²) in [5, 5.41) is 8.47. The lowest BCUT2D eigenvalue weighted by molar-refractivity contribution is 0.246. The Morgan fingerprint density at radius 3 is 3.18 bits per heavy atom. The van der Waals surface area contributed by atoms with E-state index in [0.717, 1.165) is 23.1 Å². The minimum Gasteiger partial charge on any atom is -0.290 e. The van der Waals surface area contributed by atoms with Crippen molar-refractivity contribution in [1.29, 1.82) is 0 Å². The molecule has 2 aromatic heterocycles. The largest absolute Gasteiger partial charge is 0.290 e. The van der Waals surface area contributed by atoms with E-state index in [1.807, 2.05) is 0 Å². The maximum atomic E-state index is 6.06. The van der Waals surface area contributed by atoms with Crippen LogP contribution >= 0.6 is 34.5 Å². The number of hydrogen-bond acceptors (Lipinski definition) is 5. The third-order valence-corrected chi connectivity index (χ3v) is 4.84. The van der Waals surface area contributed by atoms with Crippen LogP contribution in [-0.2, 0) is 6.54 Å². The van der Waals surface area contributed by atoms with Crippen molar-refractivity contribution in [1.82, 2.24) is 14.5 Å². The van der Waals surface area contributed by atoms with Gasteiger partial charge in [0, 0.05) is 24.1 Å². The molecule has 0 aliphatic carbocycles. The van der Waals surface area contributed by atoms with Gasteiger partial charge in [0.05, 0.1) is 0 Å². The van der Waals surface area contributed by atoms with Gasteiger partial charge in [-0.05, 0) is 41.8 Å². The summed E-state index contributed by atoms with van der Waals surface area (Å²) in [6, 6.07) is 2.74. The van der Waals surface area contributed by atoms with Crippen molar-refractivity contribution in [2.45, 2.75) is 25.4 Å². The van der Waals surface area contributed by atoms with Gasteiger partial charge in [0.15, 0.2) is 0 Å². The van der Waals surface area contributed by atoms with Gasteiger partial charge in [-0.2, -0.15) is 11.3 Å². The second-order valence-corrected chi connectivity index (χ2v) is 6.31. The summed E-state index contributed by atoms with van der Waals surface area (Å²) in [4.78, 5) is 2.45. The molecule has 17 heavy (non-hydrogen) atoms. The summed E-state index contributed by atoms with van der Waals surface area (Å²) in [6.07, 6.45) is 2.47. The summed E-state index contributed by atoms with van der Waals surface area (Å²) < 4.78 is 4.61. The SMILES string of the molecule is Clc1snnc1CN1CCCC1c1ccsc1. The Kier molecular flexibility index (Phi) is 3.42. The molecule has 1 aliphatic heterocycles. The van der Waals surface area contributed by atoms with Crippen LogP contribution in [0.25, 0.3) is 0 Å². The van der Waals surface area contributed by atoms with Gasteiger partial charge >= 0.3 is 0 Å². The van der Waals surface area contributed by atoms with Crippen molar-refractivity contribution in [3.05, 3.63) is 32.4 Å². The van der Waals surface area contributed by atoms with E-state index in [9.17, 15) is 0 Å². The molecule has 0 bridgehead atoms. The smallest absolute Gasteiger partial charge is 0.138 e. The Labute approximate surface area is 113 Å². The van der Waals surface area contributed by atoms with E-state index < -0.39 is 0 Å². The Bertz CT molecular complexity index is 483. The summed E-state index contributed by atoms with van der Waals surface area (Å²) in [5.74, 6) is 0. The minimum absolute atomic E-state index is 0.527. The fourth-order valence-electron chi connectivity index (χ4n) is 2.34. The highest BCUT2D eigenvalue weighted by atomic mass is 35.5. The quantitative estimate of drug-likeness (QED) is 0.863. The molecule has 1 fully saturated rings. The summed E-state index contributed by atoms with van der Waals surface area (Å²) in [5.41, 5.74) is 2.34. The zero-order valence-electron chi connectivity index (χ0n) is 9.17. The van der Waals surface area contributed by atoms with Crippen molar-refractivity contribution < 1.29 is 0 Å². The molecule has 0 spiro atoms. The highest BCUT2D eigenvalue weighted by Gasteiger charge is 2.27. The third kappa shape index (κ3) is 2.38. The number of aromatic nitrogens is 2. The maximum absolute atomic E-state index is 6.06. The molecule has 1 aliphatic rings. The average Bonchev–Trinajstić information content (AvgIpc) is 3.02. The number of hydrogen-bond donors (Lipinski definition) is 0. The van der Waals surface area contributed by atoms with Crippen LogP contribution in [0.2, 0.25) is 4.34 Å². The molecule has 3 nitrogen and oxygen atoms in total. The molecule has 90 valence electrons.